The Bertz CT molecular complexity index is 807. The summed E-state index contributed by atoms with van der Waals surface area (Å²) in [6.07, 6.45) is -0.664. The zero-order valence-corrected chi connectivity index (χ0v) is 14.5. The molecule has 0 aliphatic carbocycles. The number of rotatable bonds is 4. The summed E-state index contributed by atoms with van der Waals surface area (Å²) < 4.78 is 10.6. The highest BCUT2D eigenvalue weighted by Crippen LogP contribution is 2.36. The topological polar surface area (TPSA) is 67.9 Å². The monoisotopic (exact) mass is 360 g/mol. The molecule has 2 aromatic carbocycles. The fraction of sp³-hybridized carbons (Fsp3) is 0.222. The molecule has 130 valence electrons. The summed E-state index contributed by atoms with van der Waals surface area (Å²) in [5.41, 5.74) is 1.10. The van der Waals surface area contributed by atoms with E-state index in [9.17, 15) is 9.59 Å². The van der Waals surface area contributed by atoms with Gasteiger partial charge in [0.15, 0.2) is 6.10 Å². The number of amides is 2. The minimum absolute atomic E-state index is 0.133. The molecule has 25 heavy (non-hydrogen) atoms. The van der Waals surface area contributed by atoms with Crippen LogP contribution in [0.3, 0.4) is 0 Å². The van der Waals surface area contributed by atoms with Gasteiger partial charge in [0.25, 0.3) is 5.91 Å². The number of nitrogens with one attached hydrogen (secondary N) is 1. The van der Waals surface area contributed by atoms with E-state index in [2.05, 4.69) is 5.32 Å². The predicted molar refractivity (Wildman–Crippen MR) is 95.5 cm³/mol. The van der Waals surface area contributed by atoms with Gasteiger partial charge in [-0.2, -0.15) is 0 Å². The average molecular weight is 361 g/mol. The lowest BCUT2D eigenvalue weighted by atomic mass is 10.2. The molecule has 1 aliphatic rings. The van der Waals surface area contributed by atoms with Gasteiger partial charge in [-0.05, 0) is 49.4 Å². The van der Waals surface area contributed by atoms with E-state index in [0.29, 0.717) is 27.9 Å². The standard InChI is InChI=1S/C18H17ClN2O4/c1-11-18(23)21(15-9-12(19)3-8-16(15)25-11)10-17(22)20-13-4-6-14(24-2)7-5-13/h3-9,11H,10H2,1-2H3,(H,20,22). The second-order valence-electron chi connectivity index (χ2n) is 5.57. The Labute approximate surface area is 150 Å². The van der Waals surface area contributed by atoms with Crippen LogP contribution < -0.4 is 19.7 Å². The van der Waals surface area contributed by atoms with Crippen LogP contribution in [-0.4, -0.2) is 31.6 Å². The number of anilines is 2. The third-order valence-corrected chi connectivity index (χ3v) is 4.04. The fourth-order valence-corrected chi connectivity index (χ4v) is 2.73. The van der Waals surface area contributed by atoms with E-state index in [-0.39, 0.29) is 18.4 Å². The second kappa shape index (κ2) is 7.03. The van der Waals surface area contributed by atoms with Crippen LogP contribution in [0.1, 0.15) is 6.92 Å². The van der Waals surface area contributed by atoms with Crippen molar-refractivity contribution in [3.63, 3.8) is 0 Å². The normalized spacial score (nSPS) is 16.0. The quantitative estimate of drug-likeness (QED) is 0.909. The molecule has 3 rings (SSSR count). The SMILES string of the molecule is COc1ccc(NC(=O)CN2C(=O)C(C)Oc3ccc(Cl)cc32)cc1. The van der Waals surface area contributed by atoms with Gasteiger partial charge in [0.05, 0.1) is 12.8 Å². The van der Waals surface area contributed by atoms with Crippen LogP contribution in [-0.2, 0) is 9.59 Å². The highest BCUT2D eigenvalue weighted by molar-refractivity contribution is 6.31. The summed E-state index contributed by atoms with van der Waals surface area (Å²) in [5, 5.41) is 3.22. The Hall–Kier alpha value is -2.73. The lowest BCUT2D eigenvalue weighted by Gasteiger charge is -2.32. The second-order valence-corrected chi connectivity index (χ2v) is 6.01. The maximum Gasteiger partial charge on any atom is 0.268 e. The Balaban J connectivity index is 1.77. The summed E-state index contributed by atoms with van der Waals surface area (Å²) in [4.78, 5) is 26.2. The molecule has 0 aromatic heterocycles. The van der Waals surface area contributed by atoms with E-state index >= 15 is 0 Å². The van der Waals surface area contributed by atoms with Gasteiger partial charge in [0.1, 0.15) is 18.0 Å². The van der Waals surface area contributed by atoms with Crippen LogP contribution in [0.15, 0.2) is 42.5 Å². The molecule has 0 fully saturated rings. The van der Waals surface area contributed by atoms with Crippen molar-refractivity contribution in [3.05, 3.63) is 47.5 Å². The largest absolute Gasteiger partial charge is 0.497 e. The smallest absolute Gasteiger partial charge is 0.268 e. The summed E-state index contributed by atoms with van der Waals surface area (Å²) in [7, 11) is 1.57. The number of hydrogen-bond acceptors (Lipinski definition) is 4. The van der Waals surface area contributed by atoms with Gasteiger partial charge >= 0.3 is 0 Å². The lowest BCUT2D eigenvalue weighted by Crippen LogP contribution is -2.47. The molecule has 1 heterocycles. The van der Waals surface area contributed by atoms with Crippen LogP contribution in [0.5, 0.6) is 11.5 Å². The molecular weight excluding hydrogens is 344 g/mol. The van der Waals surface area contributed by atoms with E-state index in [1.54, 1.807) is 56.5 Å². The number of carbonyl (C=O) groups is 2. The third-order valence-electron chi connectivity index (χ3n) is 3.80. The molecule has 1 atom stereocenters. The first kappa shape index (κ1) is 17.1. The van der Waals surface area contributed by atoms with Crippen molar-refractivity contribution in [3.8, 4) is 11.5 Å². The van der Waals surface area contributed by atoms with Gasteiger partial charge in [0, 0.05) is 10.7 Å². The Morgan fingerprint density at radius 2 is 2.00 bits per heavy atom. The van der Waals surface area contributed by atoms with Crippen LogP contribution >= 0.6 is 11.6 Å². The molecule has 0 spiro atoms. The van der Waals surface area contributed by atoms with E-state index in [4.69, 9.17) is 21.1 Å². The van der Waals surface area contributed by atoms with Gasteiger partial charge in [-0.15, -0.1) is 0 Å². The molecule has 0 bridgehead atoms. The molecular formula is C18H17ClN2O4. The van der Waals surface area contributed by atoms with E-state index < -0.39 is 6.10 Å². The van der Waals surface area contributed by atoms with Crippen molar-refractivity contribution in [2.45, 2.75) is 13.0 Å². The molecule has 2 aromatic rings. The Morgan fingerprint density at radius 3 is 2.68 bits per heavy atom. The van der Waals surface area contributed by atoms with Crippen molar-refractivity contribution in [2.75, 3.05) is 23.9 Å². The van der Waals surface area contributed by atoms with Crippen molar-refractivity contribution >= 4 is 34.8 Å². The predicted octanol–water partition coefficient (Wildman–Crippen LogP) is 3.10. The molecule has 0 saturated heterocycles. The summed E-state index contributed by atoms with van der Waals surface area (Å²) >= 11 is 6.02. The molecule has 1 N–H and O–H groups in total. The van der Waals surface area contributed by atoms with E-state index in [1.807, 2.05) is 0 Å². The van der Waals surface area contributed by atoms with Crippen LogP contribution in [0.2, 0.25) is 5.02 Å². The number of carbonyl (C=O) groups excluding carboxylic acids is 2. The Morgan fingerprint density at radius 1 is 1.28 bits per heavy atom. The molecule has 7 heteroatoms. The van der Waals surface area contributed by atoms with E-state index in [0.717, 1.165) is 0 Å². The summed E-state index contributed by atoms with van der Waals surface area (Å²) in [6, 6.07) is 11.9. The Kier molecular flexibility index (Phi) is 4.81. The maximum absolute atomic E-state index is 12.4. The maximum atomic E-state index is 12.4. The first-order valence-electron chi connectivity index (χ1n) is 7.69. The minimum atomic E-state index is -0.664. The van der Waals surface area contributed by atoms with Gasteiger partial charge in [-0.3, -0.25) is 14.5 Å². The molecule has 0 saturated carbocycles. The van der Waals surface area contributed by atoms with Crippen LogP contribution in [0.25, 0.3) is 0 Å². The van der Waals surface area contributed by atoms with Crippen LogP contribution in [0.4, 0.5) is 11.4 Å². The molecule has 0 radical (unpaired) electrons. The van der Waals surface area contributed by atoms with E-state index in [1.165, 1.54) is 4.90 Å². The minimum Gasteiger partial charge on any atom is -0.497 e. The van der Waals surface area contributed by atoms with Gasteiger partial charge in [0.2, 0.25) is 5.91 Å². The van der Waals surface area contributed by atoms with Gasteiger partial charge < -0.3 is 14.8 Å². The van der Waals surface area contributed by atoms with Crippen molar-refractivity contribution < 1.29 is 19.1 Å². The zero-order chi connectivity index (χ0) is 18.0. The number of nitrogens with zero attached hydrogens (tertiary/aromatic N) is 1. The molecule has 1 unspecified atom stereocenters. The number of hydrogen-bond donors (Lipinski definition) is 1. The number of halogens is 1. The highest BCUT2D eigenvalue weighted by Gasteiger charge is 2.32. The number of benzene rings is 2. The fourth-order valence-electron chi connectivity index (χ4n) is 2.56. The number of ether oxygens (including phenoxy) is 2. The number of fused-ring (bicyclic) bond motifs is 1. The van der Waals surface area contributed by atoms with Crippen molar-refractivity contribution in [1.82, 2.24) is 0 Å². The van der Waals surface area contributed by atoms with Crippen LogP contribution in [0, 0.1) is 0 Å². The molecule has 2 amide bonds. The number of methoxy groups -OCH3 is 1. The molecule has 6 nitrogen and oxygen atoms in total. The lowest BCUT2D eigenvalue weighted by molar-refractivity contribution is -0.127. The van der Waals surface area contributed by atoms with Gasteiger partial charge in [-0.1, -0.05) is 11.6 Å². The van der Waals surface area contributed by atoms with Crippen molar-refractivity contribution in [1.29, 1.82) is 0 Å². The summed E-state index contributed by atoms with van der Waals surface area (Å²) in [5.74, 6) is 0.602. The third kappa shape index (κ3) is 3.69. The van der Waals surface area contributed by atoms with Gasteiger partial charge in [-0.25, -0.2) is 0 Å². The average Bonchev–Trinajstić information content (AvgIpc) is 2.60. The first-order chi connectivity index (χ1) is 12.0. The first-order valence-corrected chi connectivity index (χ1v) is 8.07. The highest BCUT2D eigenvalue weighted by atomic mass is 35.5. The molecule has 1 aliphatic heterocycles. The van der Waals surface area contributed by atoms with Crippen molar-refractivity contribution in [2.24, 2.45) is 0 Å². The zero-order valence-electron chi connectivity index (χ0n) is 13.8. The summed E-state index contributed by atoms with van der Waals surface area (Å²) in [6.45, 7) is 1.51.